The van der Waals surface area contributed by atoms with Gasteiger partial charge in [0.15, 0.2) is 0 Å². The van der Waals surface area contributed by atoms with Gasteiger partial charge in [0.25, 0.3) is 0 Å². The summed E-state index contributed by atoms with van der Waals surface area (Å²) in [4.78, 5) is 18.0. The van der Waals surface area contributed by atoms with E-state index in [1.807, 2.05) is 24.3 Å². The molecule has 0 atom stereocenters. The van der Waals surface area contributed by atoms with Crippen LogP contribution in [0.2, 0.25) is 5.02 Å². The number of halogens is 2. The summed E-state index contributed by atoms with van der Waals surface area (Å²) in [5.74, 6) is -0.446. The third-order valence-electron chi connectivity index (χ3n) is 3.89. The van der Waals surface area contributed by atoms with Crippen molar-refractivity contribution in [3.05, 3.63) is 71.1 Å². The highest BCUT2D eigenvalue weighted by Gasteiger charge is 2.15. The van der Waals surface area contributed by atoms with E-state index in [4.69, 9.17) is 11.6 Å². The van der Waals surface area contributed by atoms with E-state index in [-0.39, 0.29) is 11.7 Å². The maximum atomic E-state index is 13.6. The van der Waals surface area contributed by atoms with Crippen LogP contribution >= 0.6 is 11.6 Å². The molecule has 0 unspecified atom stereocenters. The van der Waals surface area contributed by atoms with Crippen LogP contribution in [0, 0.1) is 5.82 Å². The predicted octanol–water partition coefficient (Wildman–Crippen LogP) is 4.62. The van der Waals surface area contributed by atoms with E-state index in [0.29, 0.717) is 34.6 Å². The third-order valence-corrected chi connectivity index (χ3v) is 4.14. The fourth-order valence-electron chi connectivity index (χ4n) is 2.68. The van der Waals surface area contributed by atoms with Crippen molar-refractivity contribution in [2.24, 2.45) is 0 Å². The highest BCUT2D eigenvalue weighted by atomic mass is 35.5. The molecule has 3 rings (SSSR count). The summed E-state index contributed by atoms with van der Waals surface area (Å²) < 4.78 is 13.6. The number of nitrogens with zero attached hydrogens (tertiary/aromatic N) is 2. The van der Waals surface area contributed by atoms with Gasteiger partial charge in [-0.15, -0.1) is 0 Å². The van der Waals surface area contributed by atoms with E-state index >= 15 is 0 Å². The number of carbonyl (C=O) groups excluding carboxylic acids is 1. The van der Waals surface area contributed by atoms with Crippen molar-refractivity contribution in [1.29, 1.82) is 0 Å². The number of amides is 1. The van der Waals surface area contributed by atoms with Gasteiger partial charge in [0.05, 0.1) is 11.2 Å². The second-order valence-electron chi connectivity index (χ2n) is 5.54. The molecule has 2 aromatic carbocycles. The average molecular weight is 343 g/mol. The number of carbonyl (C=O) groups is 1. The molecule has 0 spiro atoms. The zero-order valence-electron chi connectivity index (χ0n) is 13.2. The van der Waals surface area contributed by atoms with Crippen molar-refractivity contribution in [1.82, 2.24) is 4.98 Å². The first kappa shape index (κ1) is 16.4. The van der Waals surface area contributed by atoms with Crippen LogP contribution in [-0.2, 0) is 11.2 Å². The van der Waals surface area contributed by atoms with E-state index in [9.17, 15) is 9.18 Å². The van der Waals surface area contributed by atoms with Crippen LogP contribution in [0.1, 0.15) is 12.5 Å². The monoisotopic (exact) mass is 342 g/mol. The van der Waals surface area contributed by atoms with Gasteiger partial charge in [-0.1, -0.05) is 23.7 Å². The van der Waals surface area contributed by atoms with Gasteiger partial charge in [-0.2, -0.15) is 0 Å². The maximum Gasteiger partial charge on any atom is 0.223 e. The van der Waals surface area contributed by atoms with E-state index in [2.05, 4.69) is 4.98 Å². The Labute approximate surface area is 144 Å². The van der Waals surface area contributed by atoms with Crippen molar-refractivity contribution < 1.29 is 9.18 Å². The molecule has 0 aliphatic heterocycles. The molecule has 122 valence electrons. The molecule has 24 heavy (non-hydrogen) atoms. The topological polar surface area (TPSA) is 33.2 Å². The number of anilines is 1. The molecule has 5 heteroatoms. The van der Waals surface area contributed by atoms with Crippen molar-refractivity contribution >= 4 is 34.1 Å². The van der Waals surface area contributed by atoms with E-state index in [1.54, 1.807) is 23.2 Å². The lowest BCUT2D eigenvalue weighted by Gasteiger charge is -2.22. The lowest BCUT2D eigenvalue weighted by Crippen LogP contribution is -2.30. The summed E-state index contributed by atoms with van der Waals surface area (Å²) >= 11 is 5.89. The van der Waals surface area contributed by atoms with Crippen LogP contribution in [-0.4, -0.2) is 17.4 Å². The normalized spacial score (nSPS) is 10.8. The Morgan fingerprint density at radius 3 is 2.62 bits per heavy atom. The number of aromatic nitrogens is 1. The summed E-state index contributed by atoms with van der Waals surface area (Å²) in [6, 6.07) is 13.7. The lowest BCUT2D eigenvalue weighted by atomic mass is 10.1. The van der Waals surface area contributed by atoms with Crippen molar-refractivity contribution in [2.75, 3.05) is 11.4 Å². The largest absolute Gasteiger partial charge is 0.312 e. The van der Waals surface area contributed by atoms with Crippen LogP contribution in [0.3, 0.4) is 0 Å². The standard InChI is InChI=1S/C19H16ClFN2O/c1-13(24)23(11-9-14-2-4-15(20)5-3-14)19-8-10-22-18-7-6-16(21)12-17(18)19/h2-8,10,12H,9,11H2,1H3. The number of hydrogen-bond donors (Lipinski definition) is 0. The van der Waals surface area contributed by atoms with Gasteiger partial charge in [-0.3, -0.25) is 9.78 Å². The quantitative estimate of drug-likeness (QED) is 0.693. The number of fused-ring (bicyclic) bond motifs is 1. The van der Waals surface area contributed by atoms with Gasteiger partial charge in [-0.25, -0.2) is 4.39 Å². The number of rotatable bonds is 4. The first-order valence-corrected chi connectivity index (χ1v) is 7.99. The minimum absolute atomic E-state index is 0.0966. The summed E-state index contributed by atoms with van der Waals surface area (Å²) in [5.41, 5.74) is 2.41. The van der Waals surface area contributed by atoms with Crippen molar-refractivity contribution in [3.63, 3.8) is 0 Å². The Bertz CT molecular complexity index is 880. The molecular weight excluding hydrogens is 327 g/mol. The van der Waals surface area contributed by atoms with Gasteiger partial charge >= 0.3 is 0 Å². The molecule has 0 radical (unpaired) electrons. The van der Waals surface area contributed by atoms with Gasteiger partial charge in [0.2, 0.25) is 5.91 Å². The second-order valence-corrected chi connectivity index (χ2v) is 5.98. The number of hydrogen-bond acceptors (Lipinski definition) is 2. The fraction of sp³-hybridized carbons (Fsp3) is 0.158. The molecular formula is C19H16ClFN2O. The van der Waals surface area contributed by atoms with E-state index < -0.39 is 0 Å². The molecule has 0 aliphatic carbocycles. The van der Waals surface area contributed by atoms with Gasteiger partial charge in [-0.05, 0) is 48.4 Å². The third kappa shape index (κ3) is 3.54. The molecule has 1 aromatic heterocycles. The highest BCUT2D eigenvalue weighted by molar-refractivity contribution is 6.30. The van der Waals surface area contributed by atoms with Gasteiger partial charge in [0, 0.05) is 30.1 Å². The fourth-order valence-corrected chi connectivity index (χ4v) is 2.80. The number of pyridine rings is 1. The zero-order chi connectivity index (χ0) is 17.1. The Hall–Kier alpha value is -2.46. The average Bonchev–Trinajstić information content (AvgIpc) is 2.56. The SMILES string of the molecule is CC(=O)N(CCc1ccc(Cl)cc1)c1ccnc2ccc(F)cc12. The van der Waals surface area contributed by atoms with E-state index in [1.165, 1.54) is 19.1 Å². The van der Waals surface area contributed by atoms with Gasteiger partial charge in [0.1, 0.15) is 5.82 Å². The maximum absolute atomic E-state index is 13.6. The Kier molecular flexibility index (Phi) is 4.76. The molecule has 3 nitrogen and oxygen atoms in total. The molecule has 1 amide bonds. The van der Waals surface area contributed by atoms with Crippen LogP contribution in [0.15, 0.2) is 54.7 Å². The Morgan fingerprint density at radius 1 is 1.17 bits per heavy atom. The van der Waals surface area contributed by atoms with Crippen LogP contribution in [0.4, 0.5) is 10.1 Å². The van der Waals surface area contributed by atoms with Crippen molar-refractivity contribution in [3.8, 4) is 0 Å². The smallest absolute Gasteiger partial charge is 0.223 e. The summed E-state index contributed by atoms with van der Waals surface area (Å²) in [6.45, 7) is 2.00. The van der Waals surface area contributed by atoms with Crippen LogP contribution in [0.5, 0.6) is 0 Å². The first-order chi connectivity index (χ1) is 11.5. The second kappa shape index (κ2) is 6.97. The minimum atomic E-state index is -0.349. The zero-order valence-corrected chi connectivity index (χ0v) is 13.9. The summed E-state index contributed by atoms with van der Waals surface area (Å²) in [6.07, 6.45) is 2.31. The predicted molar refractivity (Wildman–Crippen MR) is 94.9 cm³/mol. The highest BCUT2D eigenvalue weighted by Crippen LogP contribution is 2.26. The summed E-state index contributed by atoms with van der Waals surface area (Å²) in [7, 11) is 0. The molecule has 0 fully saturated rings. The summed E-state index contributed by atoms with van der Waals surface area (Å²) in [5, 5.41) is 1.31. The molecule has 0 bridgehead atoms. The molecule has 1 heterocycles. The van der Waals surface area contributed by atoms with E-state index in [0.717, 1.165) is 5.56 Å². The molecule has 0 saturated carbocycles. The lowest BCUT2D eigenvalue weighted by molar-refractivity contribution is -0.116. The van der Waals surface area contributed by atoms with Gasteiger partial charge < -0.3 is 4.90 Å². The Morgan fingerprint density at radius 2 is 1.92 bits per heavy atom. The minimum Gasteiger partial charge on any atom is -0.312 e. The van der Waals surface area contributed by atoms with Crippen LogP contribution < -0.4 is 4.90 Å². The molecule has 3 aromatic rings. The van der Waals surface area contributed by atoms with Crippen LogP contribution in [0.25, 0.3) is 10.9 Å². The molecule has 0 N–H and O–H groups in total. The molecule has 0 saturated heterocycles. The van der Waals surface area contributed by atoms with Crippen molar-refractivity contribution in [2.45, 2.75) is 13.3 Å². The Balaban J connectivity index is 1.92. The molecule has 0 aliphatic rings. The number of benzene rings is 2. The first-order valence-electron chi connectivity index (χ1n) is 7.61.